The summed E-state index contributed by atoms with van der Waals surface area (Å²) in [7, 11) is -1.56. The quantitative estimate of drug-likeness (QED) is 0.0351. The Balaban J connectivity index is 2.40. The molecule has 9 atom stereocenters. The van der Waals surface area contributed by atoms with E-state index in [2.05, 4.69) is 20.8 Å². The van der Waals surface area contributed by atoms with E-state index in [1.165, 1.54) is 6.92 Å². The number of hydrogen-bond acceptors (Lipinski definition) is 16. The summed E-state index contributed by atoms with van der Waals surface area (Å²) in [6.45, 7) is 17.8. The Morgan fingerprint density at radius 3 is 1.76 bits per heavy atom. The van der Waals surface area contributed by atoms with E-state index in [0.29, 0.717) is 98.4 Å². The van der Waals surface area contributed by atoms with Crippen LogP contribution in [-0.2, 0) is 64.9 Å². The van der Waals surface area contributed by atoms with E-state index in [0.717, 1.165) is 44.9 Å². The van der Waals surface area contributed by atoms with Crippen LogP contribution < -0.4 is 0 Å². The molecular formula is C40H78NO15P3. The van der Waals surface area contributed by atoms with Gasteiger partial charge >= 0.3 is 14.6 Å². The molecule has 0 aromatic carbocycles. The molecule has 7 unspecified atom stereocenters. The molecule has 0 amide bonds. The molecule has 348 valence electrons. The van der Waals surface area contributed by atoms with Gasteiger partial charge in [0.25, 0.3) is 0 Å². The number of nitriles is 1. The van der Waals surface area contributed by atoms with Gasteiger partial charge in [0.15, 0.2) is 24.4 Å². The molecule has 1 rings (SSSR count). The van der Waals surface area contributed by atoms with Crippen LogP contribution in [0.1, 0.15) is 112 Å². The topological polar surface area (TPSA) is 181 Å². The number of ether oxygens (including phenoxy) is 6. The lowest BCUT2D eigenvalue weighted by Crippen LogP contribution is -2.51. The minimum atomic E-state index is -1.47. The predicted molar refractivity (Wildman–Crippen MR) is 229 cm³/mol. The summed E-state index contributed by atoms with van der Waals surface area (Å²) in [4.78, 5) is 11.7. The molecule has 16 nitrogen and oxygen atoms in total. The lowest BCUT2D eigenvalue weighted by atomic mass is 9.84. The number of hydrogen-bond donors (Lipinski definition) is 1. The Bertz CT molecular complexity index is 1020. The van der Waals surface area contributed by atoms with E-state index in [4.69, 9.17) is 65.3 Å². The van der Waals surface area contributed by atoms with Crippen molar-refractivity contribution in [3.63, 3.8) is 0 Å². The van der Waals surface area contributed by atoms with Gasteiger partial charge in [-0.15, -0.1) is 0 Å². The maximum atomic E-state index is 11.7. The summed E-state index contributed by atoms with van der Waals surface area (Å²) in [6, 6.07) is 2.03. The van der Waals surface area contributed by atoms with Crippen LogP contribution in [0, 0.1) is 28.6 Å². The summed E-state index contributed by atoms with van der Waals surface area (Å²) in [5.74, 6) is -0.196. The van der Waals surface area contributed by atoms with E-state index in [9.17, 15) is 9.90 Å². The highest BCUT2D eigenvalue weighted by Crippen LogP contribution is 2.40. The minimum absolute atomic E-state index is 0.00621. The number of aliphatic hydroxyl groups excluding tert-OH is 1. The lowest BCUT2D eigenvalue weighted by Gasteiger charge is -2.43. The summed E-state index contributed by atoms with van der Waals surface area (Å²) in [6.07, 6.45) is 8.09. The summed E-state index contributed by atoms with van der Waals surface area (Å²) in [5.41, 5.74) is -0.740. The van der Waals surface area contributed by atoms with Gasteiger partial charge in [0.1, 0.15) is 6.10 Å². The number of unbranched alkanes of at least 4 members (excludes halogenated alkanes) is 3. The normalized spacial score (nSPS) is 21.4. The Morgan fingerprint density at radius 2 is 1.22 bits per heavy atom. The largest absolute Gasteiger partial charge is 0.462 e. The minimum Gasteiger partial charge on any atom is -0.462 e. The van der Waals surface area contributed by atoms with Gasteiger partial charge in [-0.1, -0.05) is 47.5 Å². The van der Waals surface area contributed by atoms with Crippen molar-refractivity contribution < 1.29 is 70.0 Å². The maximum absolute atomic E-state index is 11.7. The van der Waals surface area contributed by atoms with Crippen molar-refractivity contribution in [1.29, 1.82) is 5.26 Å². The molecule has 0 aromatic heterocycles. The molecule has 0 spiro atoms. The van der Waals surface area contributed by atoms with Crippen LogP contribution in [0.4, 0.5) is 0 Å². The molecule has 1 fully saturated rings. The van der Waals surface area contributed by atoms with Crippen molar-refractivity contribution >= 4 is 32.6 Å². The fourth-order valence-electron chi connectivity index (χ4n) is 5.85. The van der Waals surface area contributed by atoms with Gasteiger partial charge in [-0.3, -0.25) is 4.79 Å². The van der Waals surface area contributed by atoms with Crippen molar-refractivity contribution in [2.45, 2.75) is 131 Å². The molecule has 1 N–H and O–H groups in total. The average Bonchev–Trinajstić information content (AvgIpc) is 3.23. The van der Waals surface area contributed by atoms with Crippen LogP contribution in [0.3, 0.4) is 0 Å². The van der Waals surface area contributed by atoms with E-state index in [-0.39, 0.29) is 74.5 Å². The van der Waals surface area contributed by atoms with Crippen molar-refractivity contribution in [3.05, 3.63) is 0 Å². The smallest absolute Gasteiger partial charge is 0.332 e. The highest BCUT2D eigenvalue weighted by atomic mass is 31.2. The molecule has 0 radical (unpaired) electrons. The third-order valence-electron chi connectivity index (χ3n) is 9.10. The van der Waals surface area contributed by atoms with Crippen molar-refractivity contribution in [1.82, 2.24) is 0 Å². The molecule has 19 heteroatoms. The lowest BCUT2D eigenvalue weighted by molar-refractivity contribution is -0.265. The number of esters is 1. The van der Waals surface area contributed by atoms with E-state index < -0.39 is 20.3 Å². The van der Waals surface area contributed by atoms with Gasteiger partial charge in [-0.25, -0.2) is 0 Å². The first-order valence-corrected chi connectivity index (χ1v) is 24.3. The second kappa shape index (κ2) is 39.3. The van der Waals surface area contributed by atoms with Crippen molar-refractivity contribution in [2.75, 3.05) is 99.1 Å². The van der Waals surface area contributed by atoms with Crippen molar-refractivity contribution in [3.8, 4) is 6.07 Å². The fraction of sp³-hybridized carbons (Fsp3) is 0.950. The Hall–Kier alpha value is -0.270. The third kappa shape index (κ3) is 28.9. The van der Waals surface area contributed by atoms with Gasteiger partial charge in [0, 0.05) is 45.2 Å². The summed E-state index contributed by atoms with van der Waals surface area (Å²) in [5, 5.41) is 19.0. The molecule has 0 bridgehead atoms. The van der Waals surface area contributed by atoms with Crippen LogP contribution in [0.15, 0.2) is 0 Å². The number of carbonyl (C=O) groups excluding carboxylic acids is 1. The first-order chi connectivity index (χ1) is 28.8. The van der Waals surface area contributed by atoms with Gasteiger partial charge in [0.2, 0.25) is 0 Å². The Kier molecular flexibility index (Phi) is 37.8. The molecule has 0 saturated carbocycles. The van der Waals surface area contributed by atoms with E-state index in [1.54, 1.807) is 0 Å². The first-order valence-electron chi connectivity index (χ1n) is 21.6. The molecular weight excluding hydrogens is 827 g/mol. The predicted octanol–water partition coefficient (Wildman–Crippen LogP) is 8.19. The zero-order valence-corrected chi connectivity index (χ0v) is 39.7. The van der Waals surface area contributed by atoms with Crippen LogP contribution in [0.2, 0.25) is 0 Å². The van der Waals surface area contributed by atoms with Gasteiger partial charge < -0.3 is 65.2 Å². The number of aliphatic hydroxyl groups is 1. The third-order valence-corrected chi connectivity index (χ3v) is 11.6. The SMILES string of the molecule is CCCOPOCCCOCC(CO)(COCCCOPOCCC#N)COCCCOP(OCCC)OCCCCCCO[C@@H]1OC(CC)[C@H](C)C(OC(C)=O)C1C. The zero-order valence-electron chi connectivity index (χ0n) is 36.8. The van der Waals surface area contributed by atoms with Gasteiger partial charge in [0.05, 0.1) is 96.7 Å². The van der Waals surface area contributed by atoms with Gasteiger partial charge in [-0.2, -0.15) is 5.26 Å². The maximum Gasteiger partial charge on any atom is 0.332 e. The standard InChI is InChI=1S/C40H78NO15P3/c1-7-19-48-57-50-26-15-21-44-31-40(30-42,32-45-22-16-27-51-58-49-25-14-18-41)33-46-23-17-29-54-59(52-20-8-2)53-28-13-11-10-12-24-47-39-35(5)38(55-36(6)43)34(4)37(9-3)56-39/h34-35,37-39,42,57-58H,7-17,19-33H2,1-6H3/t34-,35?,37?,38?,39+,40?,59?/m0/s1. The molecule has 1 aliphatic rings. The molecule has 0 aromatic rings. The Morgan fingerprint density at radius 1 is 0.695 bits per heavy atom. The highest BCUT2D eigenvalue weighted by Gasteiger charge is 2.43. The molecule has 1 saturated heterocycles. The first kappa shape index (κ1) is 56.7. The summed E-state index contributed by atoms with van der Waals surface area (Å²) < 4.78 is 75.3. The van der Waals surface area contributed by atoms with Crippen LogP contribution in [0.25, 0.3) is 0 Å². The average molecular weight is 906 g/mol. The second-order valence-corrected chi connectivity index (χ2v) is 17.3. The number of nitrogens with zero attached hydrogens (tertiary/aromatic N) is 1. The Labute approximate surface area is 360 Å². The van der Waals surface area contributed by atoms with Crippen LogP contribution >= 0.6 is 26.7 Å². The number of carbonyl (C=O) groups is 1. The molecule has 1 heterocycles. The monoisotopic (exact) mass is 905 g/mol. The van der Waals surface area contributed by atoms with Crippen LogP contribution in [0.5, 0.6) is 0 Å². The van der Waals surface area contributed by atoms with E-state index >= 15 is 0 Å². The number of rotatable bonds is 42. The fourth-order valence-corrected chi connectivity index (χ4v) is 8.05. The highest BCUT2D eigenvalue weighted by molar-refractivity contribution is 7.41. The zero-order chi connectivity index (χ0) is 43.2. The second-order valence-electron chi connectivity index (χ2n) is 14.6. The molecule has 1 aliphatic heterocycles. The summed E-state index contributed by atoms with van der Waals surface area (Å²) >= 11 is 0. The molecule has 59 heavy (non-hydrogen) atoms. The van der Waals surface area contributed by atoms with Crippen LogP contribution in [-0.4, -0.2) is 129 Å². The van der Waals surface area contributed by atoms with Gasteiger partial charge in [-0.05, 0) is 51.4 Å². The molecule has 0 aliphatic carbocycles. The van der Waals surface area contributed by atoms with Crippen molar-refractivity contribution in [2.24, 2.45) is 17.3 Å². The van der Waals surface area contributed by atoms with E-state index in [1.807, 2.05) is 19.9 Å².